The Morgan fingerprint density at radius 3 is 2.55 bits per heavy atom. The van der Waals surface area contributed by atoms with Crippen molar-refractivity contribution in [2.24, 2.45) is 10.7 Å². The van der Waals surface area contributed by atoms with Crippen molar-refractivity contribution in [1.82, 2.24) is 14.8 Å². The molecule has 8 nitrogen and oxygen atoms in total. The highest BCUT2D eigenvalue weighted by molar-refractivity contribution is 6.06. The average molecular weight is 449 g/mol. The monoisotopic (exact) mass is 448 g/mol. The van der Waals surface area contributed by atoms with Crippen LogP contribution in [0.2, 0.25) is 0 Å². The molecule has 0 spiro atoms. The Kier molecular flexibility index (Phi) is 8.01. The van der Waals surface area contributed by atoms with Crippen LogP contribution in [0.25, 0.3) is 5.69 Å². The number of nitrogens with two attached hydrogens (primary N) is 1. The quantitative estimate of drug-likeness (QED) is 0.679. The van der Waals surface area contributed by atoms with E-state index in [1.54, 1.807) is 11.0 Å². The summed E-state index contributed by atoms with van der Waals surface area (Å²) in [5.41, 5.74) is 10.0. The highest BCUT2D eigenvalue weighted by atomic mass is 16.5. The maximum absolute atomic E-state index is 9.95. The molecule has 4 rings (SSSR count). The molecule has 1 aromatic carbocycles. The van der Waals surface area contributed by atoms with Gasteiger partial charge < -0.3 is 15.2 Å². The zero-order chi connectivity index (χ0) is 24.0. The maximum atomic E-state index is 9.95. The summed E-state index contributed by atoms with van der Waals surface area (Å²) >= 11 is 0. The molecule has 1 saturated heterocycles. The van der Waals surface area contributed by atoms with Crippen LogP contribution in [0.4, 0.5) is 0 Å². The highest BCUT2D eigenvalue weighted by Gasteiger charge is 2.37. The van der Waals surface area contributed by atoms with Gasteiger partial charge in [-0.25, -0.2) is 9.67 Å². The smallest absolute Gasteiger partial charge is 0.205 e. The summed E-state index contributed by atoms with van der Waals surface area (Å²) < 4.78 is 13.5. The predicted octanol–water partition coefficient (Wildman–Crippen LogP) is 4.40. The highest BCUT2D eigenvalue weighted by Crippen LogP contribution is 2.41. The molecule has 0 aliphatic carbocycles. The second-order valence-corrected chi connectivity index (χ2v) is 7.94. The Morgan fingerprint density at radius 2 is 2.00 bits per heavy atom. The van der Waals surface area contributed by atoms with E-state index in [2.05, 4.69) is 16.2 Å². The Labute approximate surface area is 195 Å². The van der Waals surface area contributed by atoms with E-state index in [-0.39, 0.29) is 23.9 Å². The molecule has 33 heavy (non-hydrogen) atoms. The van der Waals surface area contributed by atoms with E-state index in [0.717, 1.165) is 35.4 Å². The summed E-state index contributed by atoms with van der Waals surface area (Å²) in [5.74, 6) is 0.396. The van der Waals surface area contributed by atoms with Gasteiger partial charge in [0.15, 0.2) is 0 Å². The lowest BCUT2D eigenvalue weighted by molar-refractivity contribution is 0.157. The van der Waals surface area contributed by atoms with Crippen LogP contribution >= 0.6 is 0 Å². The van der Waals surface area contributed by atoms with Gasteiger partial charge in [0, 0.05) is 18.2 Å². The van der Waals surface area contributed by atoms with Gasteiger partial charge in [0.2, 0.25) is 5.88 Å². The molecule has 0 amide bonds. The van der Waals surface area contributed by atoms with Crippen molar-refractivity contribution in [2.75, 3.05) is 6.61 Å². The molecule has 2 N–H and O–H groups in total. The molecule has 2 unspecified atom stereocenters. The van der Waals surface area contributed by atoms with Crippen LogP contribution in [-0.4, -0.2) is 39.2 Å². The fourth-order valence-corrected chi connectivity index (χ4v) is 4.10. The zero-order valence-electron chi connectivity index (χ0n) is 19.9. The van der Waals surface area contributed by atoms with Gasteiger partial charge in [-0.3, -0.25) is 4.99 Å². The van der Waals surface area contributed by atoms with Crippen molar-refractivity contribution < 1.29 is 9.47 Å². The maximum Gasteiger partial charge on any atom is 0.205 e. The van der Waals surface area contributed by atoms with Gasteiger partial charge in [0.05, 0.1) is 23.4 Å². The van der Waals surface area contributed by atoms with Crippen molar-refractivity contribution in [1.29, 1.82) is 5.26 Å². The normalized spacial score (nSPS) is 20.9. The predicted molar refractivity (Wildman–Crippen MR) is 128 cm³/mol. The number of nitriles is 1. The third-order valence-corrected chi connectivity index (χ3v) is 5.42. The Hall–Kier alpha value is -3.44. The molecule has 1 fully saturated rings. The molecular formula is C25H32N6O2. The number of hydrogen-bond donors (Lipinski definition) is 1. The molecule has 1 aromatic heterocycles. The van der Waals surface area contributed by atoms with Gasteiger partial charge in [0.1, 0.15) is 30.1 Å². The molecule has 174 valence electrons. The fraction of sp³-hybridized carbons (Fsp3) is 0.440. The molecule has 0 saturated carbocycles. The number of hydrogen-bond acceptors (Lipinski definition) is 7. The SMILES string of the molecule is CC.CC1=C(C(=NC(C)C)C2CCCO2)C(c2ccc(-n3cncn3)cc2)C(C#N)=C(N)O1. The van der Waals surface area contributed by atoms with Gasteiger partial charge in [-0.2, -0.15) is 10.4 Å². The first-order chi connectivity index (χ1) is 16.0. The van der Waals surface area contributed by atoms with E-state index in [1.165, 1.54) is 6.33 Å². The number of rotatable bonds is 5. The Morgan fingerprint density at radius 1 is 1.27 bits per heavy atom. The van der Waals surface area contributed by atoms with Crippen LogP contribution < -0.4 is 5.73 Å². The summed E-state index contributed by atoms with van der Waals surface area (Å²) in [4.78, 5) is 8.91. The first-order valence-corrected chi connectivity index (χ1v) is 11.4. The second-order valence-electron chi connectivity index (χ2n) is 7.94. The Balaban J connectivity index is 0.00000149. The lowest BCUT2D eigenvalue weighted by Crippen LogP contribution is -2.31. The summed E-state index contributed by atoms with van der Waals surface area (Å²) in [6, 6.07) is 10.2. The van der Waals surface area contributed by atoms with Crippen molar-refractivity contribution in [2.45, 2.75) is 65.5 Å². The Bertz CT molecular complexity index is 1070. The molecule has 3 heterocycles. The molecule has 8 heteroatoms. The molecule has 2 aliphatic rings. The van der Waals surface area contributed by atoms with Gasteiger partial charge in [-0.05, 0) is 51.3 Å². The lowest BCUT2D eigenvalue weighted by atomic mass is 9.79. The van der Waals surface area contributed by atoms with Crippen molar-refractivity contribution >= 4 is 5.71 Å². The van der Waals surface area contributed by atoms with Crippen molar-refractivity contribution in [3.63, 3.8) is 0 Å². The van der Waals surface area contributed by atoms with E-state index < -0.39 is 0 Å². The van der Waals surface area contributed by atoms with Gasteiger partial charge in [0.25, 0.3) is 0 Å². The van der Waals surface area contributed by atoms with Crippen LogP contribution in [-0.2, 0) is 9.47 Å². The first-order valence-electron chi connectivity index (χ1n) is 11.4. The third-order valence-electron chi connectivity index (χ3n) is 5.42. The number of aliphatic imine (C=N–C) groups is 1. The van der Waals surface area contributed by atoms with Gasteiger partial charge in [-0.1, -0.05) is 26.0 Å². The van der Waals surface area contributed by atoms with Crippen molar-refractivity contribution in [3.05, 3.63) is 65.3 Å². The number of nitrogens with zero attached hydrogens (tertiary/aromatic N) is 5. The molecule has 2 aliphatic heterocycles. The van der Waals surface area contributed by atoms with Crippen molar-refractivity contribution in [3.8, 4) is 11.8 Å². The zero-order valence-corrected chi connectivity index (χ0v) is 19.9. The number of allylic oxidation sites excluding steroid dienone is 2. The number of aromatic nitrogens is 3. The van der Waals surface area contributed by atoms with Crippen LogP contribution in [0, 0.1) is 11.3 Å². The van der Waals surface area contributed by atoms with E-state index in [4.69, 9.17) is 20.2 Å². The number of benzene rings is 1. The molecule has 2 atom stereocenters. The van der Waals surface area contributed by atoms with Gasteiger partial charge >= 0.3 is 0 Å². The minimum absolute atomic E-state index is 0.0728. The van der Waals surface area contributed by atoms with Crippen LogP contribution in [0.5, 0.6) is 0 Å². The molecule has 0 radical (unpaired) electrons. The molecule has 0 bridgehead atoms. The molecule has 2 aromatic rings. The van der Waals surface area contributed by atoms with E-state index in [9.17, 15) is 5.26 Å². The summed E-state index contributed by atoms with van der Waals surface area (Å²) in [6.07, 6.45) is 4.88. The van der Waals surface area contributed by atoms with E-state index in [0.29, 0.717) is 17.9 Å². The fourth-order valence-electron chi connectivity index (χ4n) is 4.10. The first kappa shape index (κ1) is 24.2. The standard InChI is InChI=1S/C23H26N6O2.C2H6/c1-14(2)28-22(19-5-4-10-30-19)20-15(3)31-23(25)18(11-24)21(20)16-6-8-17(9-7-16)29-13-26-12-27-29;1-2/h6-9,12-14,19,21H,4-5,10,25H2,1-3H3;1-2H3. The van der Waals surface area contributed by atoms with Gasteiger partial charge in [-0.15, -0.1) is 0 Å². The summed E-state index contributed by atoms with van der Waals surface area (Å²) in [7, 11) is 0. The average Bonchev–Trinajstić information content (AvgIpc) is 3.53. The topological polar surface area (TPSA) is 111 Å². The molecular weight excluding hydrogens is 416 g/mol. The minimum Gasteiger partial charge on any atom is -0.445 e. The lowest BCUT2D eigenvalue weighted by Gasteiger charge is -2.31. The second kappa shape index (κ2) is 10.9. The third kappa shape index (κ3) is 5.15. The summed E-state index contributed by atoms with van der Waals surface area (Å²) in [6.45, 7) is 10.6. The van der Waals surface area contributed by atoms with E-state index >= 15 is 0 Å². The summed E-state index contributed by atoms with van der Waals surface area (Å²) in [5, 5.41) is 14.1. The van der Waals surface area contributed by atoms with Crippen LogP contribution in [0.1, 0.15) is 58.9 Å². The minimum atomic E-state index is -0.384. The number of ether oxygens (including phenoxy) is 2. The van der Waals surface area contributed by atoms with E-state index in [1.807, 2.05) is 58.9 Å². The largest absolute Gasteiger partial charge is 0.445 e. The van der Waals surface area contributed by atoms with Crippen LogP contribution in [0.15, 0.2) is 64.7 Å². The van der Waals surface area contributed by atoms with Crippen LogP contribution in [0.3, 0.4) is 0 Å².